The van der Waals surface area contributed by atoms with Gasteiger partial charge in [-0.1, -0.05) is 31.2 Å². The average molecular weight is 494 g/mol. The van der Waals surface area contributed by atoms with Gasteiger partial charge in [-0.3, -0.25) is 13.9 Å². The van der Waals surface area contributed by atoms with E-state index >= 15 is 0 Å². The Hall–Kier alpha value is -3.14. The van der Waals surface area contributed by atoms with Crippen LogP contribution < -0.4 is 14.4 Å². The van der Waals surface area contributed by atoms with Crippen molar-refractivity contribution in [3.05, 3.63) is 59.9 Å². The first-order valence-electron chi connectivity index (χ1n) is 11.1. The maximum atomic E-state index is 13.5. The molecular weight excluding hydrogens is 461 g/mol. The van der Waals surface area contributed by atoms with Gasteiger partial charge in [0.2, 0.25) is 21.8 Å². The van der Waals surface area contributed by atoms with Gasteiger partial charge in [0, 0.05) is 13.1 Å². The summed E-state index contributed by atoms with van der Waals surface area (Å²) < 4.78 is 45.2. The molecule has 0 aliphatic rings. The lowest BCUT2D eigenvalue weighted by atomic mass is 10.1. The molecule has 2 aromatic rings. The van der Waals surface area contributed by atoms with E-state index in [2.05, 4.69) is 5.32 Å². The fourth-order valence-electron chi connectivity index (χ4n) is 3.30. The molecule has 2 rings (SSSR count). The molecule has 1 N–H and O–H groups in total. The third kappa shape index (κ3) is 7.44. The van der Waals surface area contributed by atoms with Crippen LogP contribution in [0.1, 0.15) is 32.8 Å². The van der Waals surface area contributed by atoms with E-state index in [1.54, 1.807) is 38.1 Å². The third-order valence-corrected chi connectivity index (χ3v) is 6.22. The van der Waals surface area contributed by atoms with Crippen molar-refractivity contribution >= 4 is 27.5 Å². The second kappa shape index (κ2) is 12.4. The van der Waals surface area contributed by atoms with Crippen LogP contribution in [0, 0.1) is 5.82 Å². The van der Waals surface area contributed by atoms with Crippen molar-refractivity contribution in [2.45, 2.75) is 39.8 Å². The minimum absolute atomic E-state index is 0.00450. The molecule has 8 nitrogen and oxygen atoms in total. The van der Waals surface area contributed by atoms with Gasteiger partial charge in [-0.25, -0.2) is 12.8 Å². The first kappa shape index (κ1) is 27.1. The van der Waals surface area contributed by atoms with Crippen LogP contribution in [0.4, 0.5) is 10.1 Å². The number of hydrogen-bond acceptors (Lipinski definition) is 5. The lowest BCUT2D eigenvalue weighted by Crippen LogP contribution is -2.51. The molecule has 186 valence electrons. The molecule has 0 heterocycles. The third-order valence-electron chi connectivity index (χ3n) is 5.10. The van der Waals surface area contributed by atoms with Crippen LogP contribution in [0.25, 0.3) is 0 Å². The molecule has 1 atom stereocenters. The second-order valence-corrected chi connectivity index (χ2v) is 9.69. The van der Waals surface area contributed by atoms with Gasteiger partial charge in [-0.05, 0) is 50.1 Å². The van der Waals surface area contributed by atoms with Crippen molar-refractivity contribution in [2.75, 3.05) is 30.3 Å². The highest BCUT2D eigenvalue weighted by Gasteiger charge is 2.31. The van der Waals surface area contributed by atoms with E-state index in [-0.39, 0.29) is 18.1 Å². The Bertz CT molecular complexity index is 1080. The summed E-state index contributed by atoms with van der Waals surface area (Å²) in [5.41, 5.74) is 0.829. The molecule has 0 fully saturated rings. The number of halogens is 1. The van der Waals surface area contributed by atoms with E-state index in [1.807, 2.05) is 6.92 Å². The van der Waals surface area contributed by atoms with Crippen molar-refractivity contribution in [3.8, 4) is 5.75 Å². The summed E-state index contributed by atoms with van der Waals surface area (Å²) in [5, 5.41) is 2.76. The van der Waals surface area contributed by atoms with E-state index in [0.717, 1.165) is 17.0 Å². The maximum Gasteiger partial charge on any atom is 0.244 e. The topological polar surface area (TPSA) is 96.0 Å². The Kier molecular flexibility index (Phi) is 9.85. The molecule has 0 bridgehead atoms. The highest BCUT2D eigenvalue weighted by molar-refractivity contribution is 7.92. The first-order chi connectivity index (χ1) is 16.1. The van der Waals surface area contributed by atoms with Gasteiger partial charge < -0.3 is 15.0 Å². The van der Waals surface area contributed by atoms with Gasteiger partial charge >= 0.3 is 0 Å². The smallest absolute Gasteiger partial charge is 0.244 e. The molecule has 0 radical (unpaired) electrons. The van der Waals surface area contributed by atoms with Crippen LogP contribution >= 0.6 is 0 Å². The second-order valence-electron chi connectivity index (χ2n) is 7.79. The number of carbonyl (C=O) groups excluding carboxylic acids is 2. The number of nitrogens with one attached hydrogen (secondary N) is 1. The number of ether oxygens (including phenoxy) is 1. The quantitative estimate of drug-likeness (QED) is 0.491. The highest BCUT2D eigenvalue weighted by atomic mass is 32.2. The number of hydrogen-bond donors (Lipinski definition) is 1. The number of carbonyl (C=O) groups is 2. The van der Waals surface area contributed by atoms with E-state index in [1.165, 1.54) is 29.2 Å². The lowest BCUT2D eigenvalue weighted by Gasteiger charge is -2.32. The zero-order valence-corrected chi connectivity index (χ0v) is 20.8. The van der Waals surface area contributed by atoms with Crippen molar-refractivity contribution in [1.29, 1.82) is 0 Å². The molecule has 0 aliphatic heterocycles. The Morgan fingerprint density at radius 3 is 2.32 bits per heavy atom. The zero-order valence-electron chi connectivity index (χ0n) is 20.0. The number of nitrogens with zero attached hydrogens (tertiary/aromatic N) is 2. The van der Waals surface area contributed by atoms with Crippen LogP contribution in [-0.2, 0) is 26.2 Å². The predicted octanol–water partition coefficient (Wildman–Crippen LogP) is 2.93. The molecule has 34 heavy (non-hydrogen) atoms. The summed E-state index contributed by atoms with van der Waals surface area (Å²) in [6.07, 6.45) is 1.73. The molecule has 2 amide bonds. The molecule has 0 saturated carbocycles. The van der Waals surface area contributed by atoms with Gasteiger partial charge in [0.05, 0.1) is 18.6 Å². The van der Waals surface area contributed by atoms with Crippen molar-refractivity contribution in [1.82, 2.24) is 10.2 Å². The highest BCUT2D eigenvalue weighted by Crippen LogP contribution is 2.30. The number of sulfonamides is 1. The molecule has 2 aromatic carbocycles. The number of para-hydroxylation sites is 2. The molecule has 10 heteroatoms. The average Bonchev–Trinajstić information content (AvgIpc) is 2.80. The standard InChI is InChI=1S/C24H32FN3O5S/c1-5-15-26-24(30)18(3)27(16-19-11-13-20(25)14-12-19)23(29)17-28(34(4,31)32)21-9-7-8-10-22(21)33-6-2/h7-14,18H,5-6,15-17H2,1-4H3,(H,26,30). The Balaban J connectivity index is 2.40. The van der Waals surface area contributed by atoms with E-state index in [9.17, 15) is 22.4 Å². The molecular formula is C24H32FN3O5S. The molecule has 0 aliphatic carbocycles. The van der Waals surface area contributed by atoms with Gasteiger partial charge in [-0.2, -0.15) is 0 Å². The predicted molar refractivity (Wildman–Crippen MR) is 130 cm³/mol. The SMILES string of the molecule is CCCNC(=O)C(C)N(Cc1ccc(F)cc1)C(=O)CN(c1ccccc1OCC)S(C)(=O)=O. The van der Waals surface area contributed by atoms with E-state index < -0.39 is 34.3 Å². The minimum Gasteiger partial charge on any atom is -0.492 e. The van der Waals surface area contributed by atoms with Crippen LogP contribution in [-0.4, -0.2) is 57.1 Å². The number of amides is 2. The molecule has 0 spiro atoms. The van der Waals surface area contributed by atoms with Gasteiger partial charge in [-0.15, -0.1) is 0 Å². The van der Waals surface area contributed by atoms with Gasteiger partial charge in [0.1, 0.15) is 24.2 Å². The minimum atomic E-state index is -3.87. The summed E-state index contributed by atoms with van der Waals surface area (Å²) in [5.74, 6) is -1.05. The number of rotatable bonds is 12. The van der Waals surface area contributed by atoms with Gasteiger partial charge in [0.25, 0.3) is 0 Å². The Morgan fingerprint density at radius 2 is 1.74 bits per heavy atom. The van der Waals surface area contributed by atoms with Crippen molar-refractivity contribution in [2.24, 2.45) is 0 Å². The van der Waals surface area contributed by atoms with Crippen molar-refractivity contribution < 1.29 is 27.1 Å². The van der Waals surface area contributed by atoms with E-state index in [0.29, 0.717) is 24.5 Å². The zero-order chi connectivity index (χ0) is 25.3. The lowest BCUT2D eigenvalue weighted by molar-refractivity contribution is -0.139. The maximum absolute atomic E-state index is 13.5. The summed E-state index contributed by atoms with van der Waals surface area (Å²) in [6.45, 7) is 5.48. The summed E-state index contributed by atoms with van der Waals surface area (Å²) in [7, 11) is -3.87. The molecule has 0 saturated heterocycles. The number of anilines is 1. The van der Waals surface area contributed by atoms with Crippen LogP contribution in [0.5, 0.6) is 5.75 Å². The normalized spacial score (nSPS) is 12.0. The summed E-state index contributed by atoms with van der Waals surface area (Å²) in [6, 6.07) is 11.2. The summed E-state index contributed by atoms with van der Waals surface area (Å²) in [4.78, 5) is 27.4. The Morgan fingerprint density at radius 1 is 1.09 bits per heavy atom. The van der Waals surface area contributed by atoms with Crippen LogP contribution in [0.2, 0.25) is 0 Å². The molecule has 1 unspecified atom stereocenters. The molecule has 0 aromatic heterocycles. The largest absolute Gasteiger partial charge is 0.492 e. The van der Waals surface area contributed by atoms with E-state index in [4.69, 9.17) is 4.74 Å². The fraction of sp³-hybridized carbons (Fsp3) is 0.417. The van der Waals surface area contributed by atoms with Crippen LogP contribution in [0.3, 0.4) is 0 Å². The van der Waals surface area contributed by atoms with Gasteiger partial charge in [0.15, 0.2) is 0 Å². The Labute approximate surface area is 200 Å². The van der Waals surface area contributed by atoms with Crippen molar-refractivity contribution in [3.63, 3.8) is 0 Å². The summed E-state index contributed by atoms with van der Waals surface area (Å²) >= 11 is 0. The number of benzene rings is 2. The first-order valence-corrected chi connectivity index (χ1v) is 12.9. The monoisotopic (exact) mass is 493 g/mol. The fourth-order valence-corrected chi connectivity index (χ4v) is 4.15. The van der Waals surface area contributed by atoms with Crippen LogP contribution in [0.15, 0.2) is 48.5 Å².